The van der Waals surface area contributed by atoms with E-state index in [1.165, 1.54) is 12.1 Å². The van der Waals surface area contributed by atoms with E-state index in [-0.39, 0.29) is 24.6 Å². The van der Waals surface area contributed by atoms with Gasteiger partial charge >= 0.3 is 5.97 Å². The molecule has 0 heterocycles. The van der Waals surface area contributed by atoms with Crippen LogP contribution in [0.5, 0.6) is 0 Å². The standard InChI is InChI=1S/C20H20ClFN2O4/c1-13-4-9-17(16(22)11-13)24-18(25)12-28-19(26)3-2-10-23-20(27)14-5-7-15(21)8-6-14/h4-9,11H,2-3,10,12H2,1H3,(H,23,27)(H,24,25). The third-order valence-electron chi connectivity index (χ3n) is 3.71. The van der Waals surface area contributed by atoms with Crippen molar-refractivity contribution in [2.75, 3.05) is 18.5 Å². The van der Waals surface area contributed by atoms with Crippen molar-refractivity contribution in [2.45, 2.75) is 19.8 Å². The first-order valence-electron chi connectivity index (χ1n) is 8.60. The molecule has 2 aromatic carbocycles. The number of amides is 2. The van der Waals surface area contributed by atoms with Gasteiger partial charge in [0.15, 0.2) is 6.61 Å². The number of rotatable bonds is 8. The highest BCUT2D eigenvalue weighted by atomic mass is 35.5. The molecule has 0 aliphatic carbocycles. The zero-order valence-electron chi connectivity index (χ0n) is 15.3. The third kappa shape index (κ3) is 7.00. The van der Waals surface area contributed by atoms with Crippen LogP contribution in [0.2, 0.25) is 5.02 Å². The smallest absolute Gasteiger partial charge is 0.306 e. The fourth-order valence-corrected chi connectivity index (χ4v) is 2.39. The molecule has 28 heavy (non-hydrogen) atoms. The molecule has 0 atom stereocenters. The van der Waals surface area contributed by atoms with Crippen molar-refractivity contribution in [3.8, 4) is 0 Å². The number of carbonyl (C=O) groups excluding carboxylic acids is 3. The second-order valence-electron chi connectivity index (χ2n) is 6.06. The average Bonchev–Trinajstić information content (AvgIpc) is 2.66. The van der Waals surface area contributed by atoms with Crippen molar-refractivity contribution >= 4 is 35.1 Å². The molecule has 2 amide bonds. The molecule has 0 radical (unpaired) electrons. The second kappa shape index (κ2) is 10.4. The van der Waals surface area contributed by atoms with Crippen LogP contribution in [0.15, 0.2) is 42.5 Å². The number of benzene rings is 2. The van der Waals surface area contributed by atoms with E-state index in [1.807, 2.05) is 0 Å². The molecule has 6 nitrogen and oxygen atoms in total. The molecule has 0 aromatic heterocycles. The molecule has 2 N–H and O–H groups in total. The van der Waals surface area contributed by atoms with Crippen LogP contribution in [0.1, 0.15) is 28.8 Å². The van der Waals surface area contributed by atoms with Gasteiger partial charge in [0.25, 0.3) is 11.8 Å². The molecule has 8 heteroatoms. The maximum atomic E-state index is 13.7. The molecule has 0 bridgehead atoms. The minimum atomic E-state index is -0.632. The molecule has 0 aliphatic heterocycles. The molecular formula is C20H20ClFN2O4. The van der Waals surface area contributed by atoms with Crippen LogP contribution in [0.25, 0.3) is 0 Å². The van der Waals surface area contributed by atoms with Crippen LogP contribution < -0.4 is 10.6 Å². The summed E-state index contributed by atoms with van der Waals surface area (Å²) in [4.78, 5) is 35.3. The Morgan fingerprint density at radius 2 is 1.82 bits per heavy atom. The predicted octanol–water partition coefficient (Wildman–Crippen LogP) is 3.48. The number of hydrogen-bond acceptors (Lipinski definition) is 4. The van der Waals surface area contributed by atoms with Gasteiger partial charge in [-0.1, -0.05) is 17.7 Å². The van der Waals surface area contributed by atoms with Crippen LogP contribution in [0.3, 0.4) is 0 Å². The molecule has 0 saturated heterocycles. The van der Waals surface area contributed by atoms with E-state index in [9.17, 15) is 18.8 Å². The van der Waals surface area contributed by atoms with Gasteiger partial charge in [-0.2, -0.15) is 0 Å². The van der Waals surface area contributed by atoms with Gasteiger partial charge in [0.2, 0.25) is 0 Å². The monoisotopic (exact) mass is 406 g/mol. The van der Waals surface area contributed by atoms with Gasteiger partial charge in [-0.05, 0) is 55.3 Å². The van der Waals surface area contributed by atoms with Gasteiger partial charge < -0.3 is 15.4 Å². The minimum absolute atomic E-state index is 0.0246. The number of aryl methyl sites for hydroxylation is 1. The van der Waals surface area contributed by atoms with Crippen molar-refractivity contribution in [1.29, 1.82) is 0 Å². The first kappa shape index (κ1) is 21.4. The Kier molecular flexibility index (Phi) is 7.95. The molecule has 148 valence electrons. The second-order valence-corrected chi connectivity index (χ2v) is 6.49. The van der Waals surface area contributed by atoms with E-state index in [0.717, 1.165) is 5.56 Å². The summed E-state index contributed by atoms with van der Waals surface area (Å²) in [5.74, 6) is -2.05. The summed E-state index contributed by atoms with van der Waals surface area (Å²) in [5, 5.41) is 5.55. The van der Waals surface area contributed by atoms with Crippen molar-refractivity contribution in [2.24, 2.45) is 0 Å². The highest BCUT2D eigenvalue weighted by molar-refractivity contribution is 6.30. The lowest BCUT2D eigenvalue weighted by Crippen LogP contribution is -2.25. The summed E-state index contributed by atoms with van der Waals surface area (Å²) in [6.07, 6.45) is 0.388. The number of anilines is 1. The van der Waals surface area contributed by atoms with Crippen LogP contribution in [0.4, 0.5) is 10.1 Å². The lowest BCUT2D eigenvalue weighted by molar-refractivity contribution is -0.147. The fraction of sp³-hybridized carbons (Fsp3) is 0.250. The minimum Gasteiger partial charge on any atom is -0.456 e. The van der Waals surface area contributed by atoms with E-state index >= 15 is 0 Å². The average molecular weight is 407 g/mol. The van der Waals surface area contributed by atoms with E-state index in [4.69, 9.17) is 16.3 Å². The van der Waals surface area contributed by atoms with E-state index < -0.39 is 24.3 Å². The van der Waals surface area contributed by atoms with Gasteiger partial charge in [-0.25, -0.2) is 4.39 Å². The van der Waals surface area contributed by atoms with E-state index in [1.54, 1.807) is 37.3 Å². The number of halogens is 2. The van der Waals surface area contributed by atoms with Gasteiger partial charge in [-0.15, -0.1) is 0 Å². The molecule has 0 aliphatic rings. The predicted molar refractivity (Wildman–Crippen MR) is 104 cm³/mol. The van der Waals surface area contributed by atoms with E-state index in [2.05, 4.69) is 10.6 Å². The Morgan fingerprint density at radius 1 is 1.11 bits per heavy atom. The summed E-state index contributed by atoms with van der Waals surface area (Å²) >= 11 is 5.76. The number of carbonyl (C=O) groups is 3. The van der Waals surface area contributed by atoms with Crippen LogP contribution in [0, 0.1) is 12.7 Å². The van der Waals surface area contributed by atoms with E-state index in [0.29, 0.717) is 17.0 Å². The lowest BCUT2D eigenvalue weighted by Gasteiger charge is -2.08. The van der Waals surface area contributed by atoms with Gasteiger partial charge in [0, 0.05) is 23.6 Å². The lowest BCUT2D eigenvalue weighted by atomic mass is 10.2. The Labute approximate surface area is 167 Å². The van der Waals surface area contributed by atoms with Gasteiger partial charge in [0.1, 0.15) is 5.82 Å². The van der Waals surface area contributed by atoms with Crippen molar-refractivity contribution in [3.63, 3.8) is 0 Å². The van der Waals surface area contributed by atoms with Crippen LogP contribution in [-0.2, 0) is 14.3 Å². The Bertz CT molecular complexity index is 856. The van der Waals surface area contributed by atoms with Crippen LogP contribution >= 0.6 is 11.6 Å². The third-order valence-corrected chi connectivity index (χ3v) is 3.96. The maximum absolute atomic E-state index is 13.7. The molecular weight excluding hydrogens is 387 g/mol. The Balaban J connectivity index is 1.63. The maximum Gasteiger partial charge on any atom is 0.306 e. The molecule has 0 spiro atoms. The number of esters is 1. The number of hydrogen-bond donors (Lipinski definition) is 2. The highest BCUT2D eigenvalue weighted by Crippen LogP contribution is 2.15. The number of ether oxygens (including phenoxy) is 1. The first-order valence-corrected chi connectivity index (χ1v) is 8.98. The molecule has 2 aromatic rings. The SMILES string of the molecule is Cc1ccc(NC(=O)COC(=O)CCCNC(=O)c2ccc(Cl)cc2)c(F)c1. The van der Waals surface area contributed by atoms with Gasteiger partial charge in [-0.3, -0.25) is 14.4 Å². The summed E-state index contributed by atoms with van der Waals surface area (Å²) in [5.41, 5.74) is 1.22. The van der Waals surface area contributed by atoms with Gasteiger partial charge in [0.05, 0.1) is 5.69 Å². The quantitative estimate of drug-likeness (QED) is 0.519. The Morgan fingerprint density at radius 3 is 2.50 bits per heavy atom. The molecule has 2 rings (SSSR count). The van der Waals surface area contributed by atoms with Crippen molar-refractivity contribution in [3.05, 3.63) is 64.4 Å². The normalized spacial score (nSPS) is 10.2. The summed E-state index contributed by atoms with van der Waals surface area (Å²) < 4.78 is 18.5. The summed E-state index contributed by atoms with van der Waals surface area (Å²) in [7, 11) is 0. The summed E-state index contributed by atoms with van der Waals surface area (Å²) in [6, 6.07) is 10.8. The molecule has 0 unspecified atom stereocenters. The zero-order chi connectivity index (χ0) is 20.5. The topological polar surface area (TPSA) is 84.5 Å². The highest BCUT2D eigenvalue weighted by Gasteiger charge is 2.11. The van der Waals surface area contributed by atoms with Crippen LogP contribution in [-0.4, -0.2) is 30.9 Å². The molecule has 0 saturated carbocycles. The largest absolute Gasteiger partial charge is 0.456 e. The summed E-state index contributed by atoms with van der Waals surface area (Å²) in [6.45, 7) is 1.50. The number of nitrogens with one attached hydrogen (secondary N) is 2. The van der Waals surface area contributed by atoms with Crippen molar-refractivity contribution in [1.82, 2.24) is 5.32 Å². The fourth-order valence-electron chi connectivity index (χ4n) is 2.26. The Hall–Kier alpha value is -2.93. The zero-order valence-corrected chi connectivity index (χ0v) is 16.0. The molecule has 0 fully saturated rings. The van der Waals surface area contributed by atoms with Crippen molar-refractivity contribution < 1.29 is 23.5 Å². The first-order chi connectivity index (χ1) is 13.3.